The first-order valence-corrected chi connectivity index (χ1v) is 51.9. The molecule has 2 aliphatic heterocycles. The van der Waals surface area contributed by atoms with Gasteiger partial charge in [-0.1, -0.05) is 50.3 Å². The Morgan fingerprint density at radius 1 is 0.570 bits per heavy atom. The van der Waals surface area contributed by atoms with Crippen molar-refractivity contribution in [1.29, 1.82) is 0 Å². The number of hydrogen-bond acceptors (Lipinski definition) is 12. The van der Waals surface area contributed by atoms with E-state index in [4.69, 9.17) is 28.4 Å². The van der Waals surface area contributed by atoms with E-state index >= 15 is 0 Å². The molecule has 0 radical (unpaired) electrons. The molecule has 12 bridgehead atoms. The fourth-order valence-corrected chi connectivity index (χ4v) is 25.1. The maximum absolute atomic E-state index is 13.2. The predicted molar refractivity (Wildman–Crippen MR) is 423 cm³/mol. The van der Waals surface area contributed by atoms with Gasteiger partial charge in [-0.15, -0.1) is 50.3 Å². The molecule has 16 unspecified atom stereocenters. The SMILES string of the molecule is C=CCC(O)(CC=C)C12CC3CC(CC(C3)C1)C2.C=CCC(O)(CC=C)C1COC(C)(C)O1.CC(C)(C)OC(=O)C1CC2C=CC1C2.CC1CC(CC2CC(CC3C4CC(C(=O)OC(C)(C)C)C(C4)C3C)CC(O)(C3COC(C)(C)O3)C2)CC(O)(C23CC4CC(CC(C4)C2)C3)C1.I.I[I-]I. The van der Waals surface area contributed by atoms with Crippen LogP contribution in [0, 0.1) is 117 Å². The summed E-state index contributed by atoms with van der Waals surface area (Å²) in [4.78, 5) is 25.0. The first kappa shape index (κ1) is 84.3. The Hall–Kier alpha value is 0.240. The van der Waals surface area contributed by atoms with Gasteiger partial charge >= 0.3 is 62.4 Å². The summed E-state index contributed by atoms with van der Waals surface area (Å²) >= 11 is 5.30. The number of esters is 2. The van der Waals surface area contributed by atoms with Crippen molar-refractivity contribution in [1.82, 2.24) is 0 Å². The predicted octanol–water partition coefficient (Wildman–Crippen LogP) is 16.7. The van der Waals surface area contributed by atoms with E-state index in [1.165, 1.54) is 83.5 Å². The van der Waals surface area contributed by atoms with Gasteiger partial charge in [0.25, 0.3) is 0 Å². The summed E-state index contributed by atoms with van der Waals surface area (Å²) in [6.45, 7) is 40.0. The minimum absolute atomic E-state index is 0. The van der Waals surface area contributed by atoms with Crippen molar-refractivity contribution in [3.8, 4) is 0 Å². The zero-order chi connectivity index (χ0) is 72.1. The van der Waals surface area contributed by atoms with E-state index in [-0.39, 0.29) is 76.4 Å². The molecule has 2 saturated heterocycles. The summed E-state index contributed by atoms with van der Waals surface area (Å²) in [6.07, 6.45) is 41.9. The Kier molecular flexibility index (Phi) is 28.2. The summed E-state index contributed by atoms with van der Waals surface area (Å²) < 4.78 is 34.8. The van der Waals surface area contributed by atoms with Crippen LogP contribution < -0.4 is 13.3 Å². The second kappa shape index (κ2) is 33.4. The van der Waals surface area contributed by atoms with Gasteiger partial charge in [-0.3, -0.25) is 9.59 Å². The van der Waals surface area contributed by atoms with Gasteiger partial charge in [0.2, 0.25) is 0 Å². The molecule has 16 heteroatoms. The number of carbonyl (C=O) groups is 2. The third-order valence-electron chi connectivity index (χ3n) is 27.8. The van der Waals surface area contributed by atoms with Crippen LogP contribution in [0.5, 0.6) is 0 Å². The molecule has 15 fully saturated rings. The number of allylic oxidation sites excluding steroid dienone is 2. The summed E-state index contributed by atoms with van der Waals surface area (Å²) in [6, 6.07) is 0. The van der Waals surface area contributed by atoms with Crippen molar-refractivity contribution in [2.75, 3.05) is 13.2 Å². The molecule has 572 valence electrons. The van der Waals surface area contributed by atoms with Crippen LogP contribution in [-0.2, 0) is 38.0 Å². The Labute approximate surface area is 652 Å². The third-order valence-corrected chi connectivity index (χ3v) is 27.8. The monoisotopic (exact) mass is 1840 g/mol. The van der Waals surface area contributed by atoms with Crippen LogP contribution in [0.3, 0.4) is 0 Å². The Balaban J connectivity index is 0.000000185. The molecule has 12 nitrogen and oxygen atoms in total. The molecule has 0 spiro atoms. The molecule has 13 saturated carbocycles. The number of rotatable bonds is 18. The van der Waals surface area contributed by atoms with Crippen LogP contribution in [0.4, 0.5) is 0 Å². The maximum atomic E-state index is 13.2. The number of halogens is 4. The molecule has 14 aliphatic carbocycles. The van der Waals surface area contributed by atoms with E-state index in [1.807, 2.05) is 81.4 Å². The molecule has 0 aromatic heterocycles. The summed E-state index contributed by atoms with van der Waals surface area (Å²) in [5.74, 6) is 9.24. The summed E-state index contributed by atoms with van der Waals surface area (Å²) in [5, 5.41) is 47.0. The van der Waals surface area contributed by atoms with Crippen LogP contribution in [0.1, 0.15) is 263 Å². The fourth-order valence-electron chi connectivity index (χ4n) is 25.1. The van der Waals surface area contributed by atoms with Crippen LogP contribution in [0.2, 0.25) is 0 Å². The van der Waals surface area contributed by atoms with Crippen molar-refractivity contribution in [2.24, 2.45) is 117 Å². The van der Waals surface area contributed by atoms with Crippen molar-refractivity contribution in [3.05, 3.63) is 62.8 Å². The molecule has 0 aromatic rings. The molecule has 100 heavy (non-hydrogen) atoms. The van der Waals surface area contributed by atoms with Gasteiger partial charge in [0.05, 0.1) is 47.5 Å². The topological polar surface area (TPSA) is 170 Å². The minimum atomic E-state index is -0.947. The number of carbonyl (C=O) groups excluding carboxylic acids is 2. The molecule has 16 aliphatic rings. The van der Waals surface area contributed by atoms with E-state index < -0.39 is 39.6 Å². The van der Waals surface area contributed by atoms with Gasteiger partial charge in [0, 0.05) is 5.41 Å². The van der Waals surface area contributed by atoms with Crippen molar-refractivity contribution in [3.63, 3.8) is 0 Å². The van der Waals surface area contributed by atoms with Crippen molar-refractivity contribution in [2.45, 2.75) is 320 Å². The number of hydrogen-bond donors (Lipinski definition) is 4. The summed E-state index contributed by atoms with van der Waals surface area (Å²) in [5.41, 5.74) is -3.40. The van der Waals surface area contributed by atoms with Crippen molar-refractivity contribution < 1.29 is 71.7 Å². The second-order valence-electron chi connectivity index (χ2n) is 38.8. The molecule has 0 amide bonds. The van der Waals surface area contributed by atoms with E-state index in [0.29, 0.717) is 98.5 Å². The molecule has 16 atom stereocenters. The fraction of sp³-hybridized carbons (Fsp3) is 0.857. The number of fused-ring (bicyclic) bond motifs is 4. The van der Waals surface area contributed by atoms with Gasteiger partial charge in [-0.05, 0) is 349 Å². The quantitative estimate of drug-likeness (QED) is 0.0583. The van der Waals surface area contributed by atoms with Crippen LogP contribution in [0.15, 0.2) is 62.8 Å². The van der Waals surface area contributed by atoms with Gasteiger partial charge in [-0.2, -0.15) is 0 Å². The Bertz CT molecular complexity index is 2730. The average Bonchev–Trinajstić information content (AvgIpc) is 0.978. The molecule has 16 rings (SSSR count). The molecular formula is C84H135I4O12-. The van der Waals surface area contributed by atoms with Gasteiger partial charge in [0.15, 0.2) is 11.6 Å². The Morgan fingerprint density at radius 3 is 1.47 bits per heavy atom. The van der Waals surface area contributed by atoms with E-state index in [1.54, 1.807) is 12.2 Å². The molecule has 4 N–H and O–H groups in total. The molecule has 0 aromatic carbocycles. The normalized spacial score (nSPS) is 42.5. The van der Waals surface area contributed by atoms with Gasteiger partial charge in [-0.25, -0.2) is 0 Å². The van der Waals surface area contributed by atoms with E-state index in [2.05, 4.69) is 89.5 Å². The Morgan fingerprint density at radius 2 is 1.04 bits per heavy atom. The van der Waals surface area contributed by atoms with E-state index in [0.717, 1.165) is 119 Å². The average molecular weight is 1840 g/mol. The third kappa shape index (κ3) is 19.7. The zero-order valence-electron chi connectivity index (χ0n) is 63.6. The van der Waals surface area contributed by atoms with E-state index in [9.17, 15) is 30.0 Å². The summed E-state index contributed by atoms with van der Waals surface area (Å²) in [7, 11) is 0. The van der Waals surface area contributed by atoms with Crippen LogP contribution >= 0.6 is 61.2 Å². The zero-order valence-corrected chi connectivity index (χ0v) is 72.5. The van der Waals surface area contributed by atoms with Crippen LogP contribution in [-0.4, -0.2) is 103 Å². The van der Waals surface area contributed by atoms with Gasteiger partial charge in [0.1, 0.15) is 23.4 Å². The molecular weight excluding hydrogens is 1710 g/mol. The first-order chi connectivity index (χ1) is 46.3. The molecule has 2 heterocycles. The van der Waals surface area contributed by atoms with Gasteiger partial charge < -0.3 is 48.8 Å². The first-order valence-electron chi connectivity index (χ1n) is 39.3. The van der Waals surface area contributed by atoms with Crippen LogP contribution in [0.25, 0.3) is 0 Å². The second-order valence-corrected chi connectivity index (χ2v) is 55.0. The van der Waals surface area contributed by atoms with Crippen molar-refractivity contribution >= 4 is 73.1 Å². The number of ether oxygens (including phenoxy) is 6. The standard InChI is InChI=1S/C43H70O6.C17H26O.C12H20O3.C12H18O2.I3.HI/c1-25-8-27(23-43(46,17-25)41-18-28-10-29(19-41)12-30(11-28)20-41)9-31-13-32(22-42(45,21-31)37-24-47-40(6,7)48-37)14-34-26(2)35-15-33(34)16-36(35)38(44)49-39(3,4)5;1-3-5-17(18,6-4-2)16-10-13-7-14(11-16)9-15(8-13)12-16;1-5-7-12(13,8-6-2)10-9-14-11(3,4)15-10;1-12(2,3)14-11(13)10-7-8-4-5-9(10)6-8;1-3-2;/h25-37,45-46H,8-24H2,1-7H3;3-4,13-15,18H,1-2,5-12H2;5-6,10,13H,1-2,7-9H2,3-4H3;4-5,8-10H,6-7H2,1-3H3;;1H/q;;;;-1;. The number of aliphatic hydroxyl groups is 4.